The lowest BCUT2D eigenvalue weighted by atomic mass is 10.1. The molecule has 100 valence electrons. The largest absolute Gasteiger partial charge is 0.395 e. The monoisotopic (exact) mass is 258 g/mol. The molecule has 1 aromatic heterocycles. The predicted octanol–water partition coefficient (Wildman–Crippen LogP) is 1.79. The molecule has 0 spiro atoms. The Kier molecular flexibility index (Phi) is 3.85. The Morgan fingerprint density at radius 1 is 1.37 bits per heavy atom. The number of aromatic amines is 1. The zero-order valence-corrected chi connectivity index (χ0v) is 11.2. The first-order chi connectivity index (χ1) is 9.11. The molecular weight excluding hydrogens is 240 g/mol. The number of aryl methyl sites for hydroxylation is 2. The van der Waals surface area contributed by atoms with E-state index in [9.17, 15) is 4.79 Å². The molecule has 0 aliphatic heterocycles. The standard InChI is InChI=1S/C14H18N4O/c1-3-11-12(15)13(18-17-11)14(19)16-8-10-6-4-9(2)5-7-10/h4-7H,3,8,15H2,1-2H3,(H,16,19)(H,17,18). The van der Waals surface area contributed by atoms with Crippen molar-refractivity contribution < 1.29 is 4.79 Å². The molecule has 0 fully saturated rings. The zero-order chi connectivity index (χ0) is 13.8. The van der Waals surface area contributed by atoms with Crippen molar-refractivity contribution in [2.45, 2.75) is 26.8 Å². The van der Waals surface area contributed by atoms with Crippen LogP contribution in [0.5, 0.6) is 0 Å². The summed E-state index contributed by atoms with van der Waals surface area (Å²) in [5.74, 6) is -0.256. The molecule has 19 heavy (non-hydrogen) atoms. The van der Waals surface area contributed by atoms with Crippen LogP contribution in [0.2, 0.25) is 0 Å². The van der Waals surface area contributed by atoms with Gasteiger partial charge in [-0.25, -0.2) is 0 Å². The average Bonchev–Trinajstić information content (AvgIpc) is 2.79. The van der Waals surface area contributed by atoms with Crippen LogP contribution in [-0.4, -0.2) is 16.1 Å². The topological polar surface area (TPSA) is 83.8 Å². The summed E-state index contributed by atoms with van der Waals surface area (Å²) < 4.78 is 0. The number of hydrogen-bond acceptors (Lipinski definition) is 3. The average molecular weight is 258 g/mol. The Bertz CT molecular complexity index is 572. The van der Waals surface area contributed by atoms with Crippen LogP contribution >= 0.6 is 0 Å². The first-order valence-corrected chi connectivity index (χ1v) is 6.28. The summed E-state index contributed by atoms with van der Waals surface area (Å²) in [5.41, 5.74) is 9.58. The molecule has 1 aromatic carbocycles. The highest BCUT2D eigenvalue weighted by Gasteiger charge is 2.15. The van der Waals surface area contributed by atoms with E-state index in [2.05, 4.69) is 15.5 Å². The lowest BCUT2D eigenvalue weighted by Crippen LogP contribution is -2.24. The summed E-state index contributed by atoms with van der Waals surface area (Å²) in [4.78, 5) is 12.0. The number of amides is 1. The Morgan fingerprint density at radius 2 is 2.05 bits per heavy atom. The maximum absolute atomic E-state index is 12.0. The van der Waals surface area contributed by atoms with Gasteiger partial charge in [0.05, 0.1) is 11.4 Å². The molecule has 0 saturated heterocycles. The number of anilines is 1. The SMILES string of the molecule is CCc1[nH]nc(C(=O)NCc2ccc(C)cc2)c1N. The minimum Gasteiger partial charge on any atom is -0.395 e. The Labute approximate surface area is 112 Å². The number of benzene rings is 1. The number of nitrogens with zero attached hydrogens (tertiary/aromatic N) is 1. The maximum atomic E-state index is 12.0. The van der Waals surface area contributed by atoms with Crippen molar-refractivity contribution in [3.8, 4) is 0 Å². The minimum atomic E-state index is -0.256. The third-order valence-corrected chi connectivity index (χ3v) is 3.03. The van der Waals surface area contributed by atoms with Crippen LogP contribution < -0.4 is 11.1 Å². The van der Waals surface area contributed by atoms with Gasteiger partial charge in [0.15, 0.2) is 5.69 Å². The molecule has 0 unspecified atom stereocenters. The highest BCUT2D eigenvalue weighted by molar-refractivity contribution is 5.97. The van der Waals surface area contributed by atoms with Crippen molar-refractivity contribution >= 4 is 11.6 Å². The predicted molar refractivity (Wildman–Crippen MR) is 74.7 cm³/mol. The lowest BCUT2D eigenvalue weighted by molar-refractivity contribution is 0.0947. The molecule has 0 bridgehead atoms. The number of nitrogen functional groups attached to an aromatic ring is 1. The molecule has 1 amide bonds. The first kappa shape index (κ1) is 13.1. The number of hydrogen-bond donors (Lipinski definition) is 3. The number of nitrogens with two attached hydrogens (primary N) is 1. The van der Waals surface area contributed by atoms with Crippen LogP contribution in [0.3, 0.4) is 0 Å². The highest BCUT2D eigenvalue weighted by Crippen LogP contribution is 2.14. The molecule has 5 nitrogen and oxygen atoms in total. The van der Waals surface area contributed by atoms with E-state index in [1.165, 1.54) is 5.56 Å². The van der Waals surface area contributed by atoms with E-state index in [1.54, 1.807) is 0 Å². The van der Waals surface area contributed by atoms with Crippen molar-refractivity contribution in [3.05, 3.63) is 46.8 Å². The number of carbonyl (C=O) groups is 1. The van der Waals surface area contributed by atoms with E-state index < -0.39 is 0 Å². The van der Waals surface area contributed by atoms with Gasteiger partial charge < -0.3 is 11.1 Å². The van der Waals surface area contributed by atoms with E-state index in [1.807, 2.05) is 38.1 Å². The maximum Gasteiger partial charge on any atom is 0.274 e. The normalized spacial score (nSPS) is 10.4. The number of carbonyl (C=O) groups excluding carboxylic acids is 1. The van der Waals surface area contributed by atoms with Gasteiger partial charge in [-0.1, -0.05) is 36.8 Å². The van der Waals surface area contributed by atoms with Crippen molar-refractivity contribution in [2.75, 3.05) is 5.73 Å². The van der Waals surface area contributed by atoms with Crippen LogP contribution in [0.25, 0.3) is 0 Å². The van der Waals surface area contributed by atoms with Crippen LogP contribution in [0.15, 0.2) is 24.3 Å². The van der Waals surface area contributed by atoms with Crippen molar-refractivity contribution in [2.24, 2.45) is 0 Å². The second-order valence-electron chi connectivity index (χ2n) is 4.49. The number of H-pyrrole nitrogens is 1. The summed E-state index contributed by atoms with van der Waals surface area (Å²) in [6.07, 6.45) is 0.726. The Morgan fingerprint density at radius 3 is 2.63 bits per heavy atom. The zero-order valence-electron chi connectivity index (χ0n) is 11.2. The second kappa shape index (κ2) is 5.56. The molecule has 2 rings (SSSR count). The minimum absolute atomic E-state index is 0.256. The van der Waals surface area contributed by atoms with Crippen molar-refractivity contribution in [3.63, 3.8) is 0 Å². The number of rotatable bonds is 4. The molecule has 0 radical (unpaired) electrons. The van der Waals surface area contributed by atoms with Gasteiger partial charge in [0.1, 0.15) is 0 Å². The summed E-state index contributed by atoms with van der Waals surface area (Å²) in [6.45, 7) is 4.45. The van der Waals surface area contributed by atoms with E-state index in [-0.39, 0.29) is 11.6 Å². The van der Waals surface area contributed by atoms with Gasteiger partial charge in [0.25, 0.3) is 5.91 Å². The quantitative estimate of drug-likeness (QED) is 0.781. The lowest BCUT2D eigenvalue weighted by Gasteiger charge is -2.04. The number of aromatic nitrogens is 2. The molecule has 0 aliphatic rings. The smallest absolute Gasteiger partial charge is 0.274 e. The van der Waals surface area contributed by atoms with E-state index in [0.717, 1.165) is 17.7 Å². The summed E-state index contributed by atoms with van der Waals surface area (Å²) in [7, 11) is 0. The Balaban J connectivity index is 2.01. The fourth-order valence-corrected chi connectivity index (χ4v) is 1.80. The molecule has 4 N–H and O–H groups in total. The molecule has 0 saturated carbocycles. The molecule has 1 heterocycles. The fraction of sp³-hybridized carbons (Fsp3) is 0.286. The van der Waals surface area contributed by atoms with Crippen molar-refractivity contribution in [1.29, 1.82) is 0 Å². The van der Waals surface area contributed by atoms with Gasteiger partial charge in [-0.2, -0.15) is 5.10 Å². The van der Waals surface area contributed by atoms with Gasteiger partial charge in [0.2, 0.25) is 0 Å². The molecule has 2 aromatic rings. The first-order valence-electron chi connectivity index (χ1n) is 6.28. The van der Waals surface area contributed by atoms with Crippen LogP contribution in [0.4, 0.5) is 5.69 Å². The van der Waals surface area contributed by atoms with Crippen LogP contribution in [0.1, 0.15) is 34.2 Å². The summed E-state index contributed by atoms with van der Waals surface area (Å²) in [5, 5.41) is 9.54. The fourth-order valence-electron chi connectivity index (χ4n) is 1.80. The van der Waals surface area contributed by atoms with E-state index in [4.69, 9.17) is 5.73 Å². The van der Waals surface area contributed by atoms with E-state index in [0.29, 0.717) is 12.2 Å². The highest BCUT2D eigenvalue weighted by atomic mass is 16.1. The van der Waals surface area contributed by atoms with Gasteiger partial charge >= 0.3 is 0 Å². The number of nitrogens with one attached hydrogen (secondary N) is 2. The van der Waals surface area contributed by atoms with E-state index >= 15 is 0 Å². The molecule has 0 aliphatic carbocycles. The molecule has 5 heteroatoms. The summed E-state index contributed by atoms with van der Waals surface area (Å²) >= 11 is 0. The third kappa shape index (κ3) is 2.93. The van der Waals surface area contributed by atoms with Crippen LogP contribution in [0, 0.1) is 6.92 Å². The summed E-state index contributed by atoms with van der Waals surface area (Å²) in [6, 6.07) is 8.00. The van der Waals surface area contributed by atoms with Gasteiger partial charge in [-0.3, -0.25) is 9.89 Å². The van der Waals surface area contributed by atoms with Crippen molar-refractivity contribution in [1.82, 2.24) is 15.5 Å². The van der Waals surface area contributed by atoms with Gasteiger partial charge in [-0.05, 0) is 18.9 Å². The van der Waals surface area contributed by atoms with Gasteiger partial charge in [0, 0.05) is 6.54 Å². The third-order valence-electron chi connectivity index (χ3n) is 3.03. The van der Waals surface area contributed by atoms with Crippen LogP contribution in [-0.2, 0) is 13.0 Å². The second-order valence-corrected chi connectivity index (χ2v) is 4.49. The molecule has 0 atom stereocenters. The molecular formula is C14H18N4O. The Hall–Kier alpha value is -2.30. The van der Waals surface area contributed by atoms with Gasteiger partial charge in [-0.15, -0.1) is 0 Å².